The average Bonchev–Trinajstić information content (AvgIpc) is 2.95. The summed E-state index contributed by atoms with van der Waals surface area (Å²) in [5.41, 5.74) is 5.70. The zero-order chi connectivity index (χ0) is 15.1. The Morgan fingerprint density at radius 3 is 2.57 bits per heavy atom. The summed E-state index contributed by atoms with van der Waals surface area (Å²) in [6.45, 7) is 6.38. The predicted molar refractivity (Wildman–Crippen MR) is 88.3 cm³/mol. The number of fused-ring (bicyclic) bond motifs is 1. The van der Waals surface area contributed by atoms with Crippen molar-refractivity contribution in [3.8, 4) is 0 Å². The highest BCUT2D eigenvalue weighted by molar-refractivity contribution is 7.71. The summed E-state index contributed by atoms with van der Waals surface area (Å²) in [7, 11) is 1.97. The van der Waals surface area contributed by atoms with E-state index in [0.717, 1.165) is 28.0 Å². The highest BCUT2D eigenvalue weighted by Crippen LogP contribution is 2.26. The van der Waals surface area contributed by atoms with Crippen molar-refractivity contribution in [2.45, 2.75) is 33.2 Å². The minimum atomic E-state index is 0.173. The van der Waals surface area contributed by atoms with Crippen LogP contribution in [0.1, 0.15) is 36.7 Å². The number of nitrogens with one attached hydrogen (secondary N) is 1. The third kappa shape index (κ3) is 2.21. The van der Waals surface area contributed by atoms with E-state index in [4.69, 9.17) is 12.2 Å². The fourth-order valence-corrected chi connectivity index (χ4v) is 3.18. The fourth-order valence-electron chi connectivity index (χ4n) is 2.84. The molecule has 110 valence electrons. The van der Waals surface area contributed by atoms with E-state index in [0.29, 0.717) is 0 Å². The summed E-state index contributed by atoms with van der Waals surface area (Å²) in [5.74, 6) is 0. The number of aromatic amines is 1. The second kappa shape index (κ2) is 5.15. The molecule has 0 aliphatic carbocycles. The first-order chi connectivity index (χ1) is 10.0. The summed E-state index contributed by atoms with van der Waals surface area (Å²) in [6.07, 6.45) is 0.894. The number of hydrogen-bond donors (Lipinski definition) is 1. The Labute approximate surface area is 129 Å². The molecule has 0 spiro atoms. The van der Waals surface area contributed by atoms with E-state index in [1.807, 2.05) is 11.7 Å². The molecule has 21 heavy (non-hydrogen) atoms. The Hall–Kier alpha value is -1.88. The molecular weight excluding hydrogens is 280 g/mol. The molecule has 0 fully saturated rings. The van der Waals surface area contributed by atoms with Crippen molar-refractivity contribution in [1.82, 2.24) is 19.3 Å². The van der Waals surface area contributed by atoms with Gasteiger partial charge < -0.3 is 4.98 Å². The number of rotatable bonds is 3. The van der Waals surface area contributed by atoms with Gasteiger partial charge in [-0.25, -0.2) is 0 Å². The molecule has 0 aliphatic heterocycles. The van der Waals surface area contributed by atoms with Crippen LogP contribution >= 0.6 is 12.2 Å². The number of imidazole rings is 1. The maximum atomic E-state index is 5.54. The molecule has 5 heteroatoms. The summed E-state index contributed by atoms with van der Waals surface area (Å²) < 4.78 is 4.83. The zero-order valence-electron chi connectivity index (χ0n) is 12.8. The maximum Gasteiger partial charge on any atom is 0.179 e. The van der Waals surface area contributed by atoms with Gasteiger partial charge in [0.2, 0.25) is 0 Å². The highest BCUT2D eigenvalue weighted by atomic mass is 32.1. The largest absolute Gasteiger partial charge is 0.328 e. The quantitative estimate of drug-likeness (QED) is 0.745. The number of hydrogen-bond acceptors (Lipinski definition) is 2. The second-order valence-corrected chi connectivity index (χ2v) is 5.90. The minimum Gasteiger partial charge on any atom is -0.328 e. The normalized spacial score (nSPS) is 13.0. The van der Waals surface area contributed by atoms with Crippen LogP contribution < -0.4 is 0 Å². The Morgan fingerprint density at radius 1 is 1.29 bits per heavy atom. The molecule has 4 nitrogen and oxygen atoms in total. The van der Waals surface area contributed by atoms with E-state index in [2.05, 4.69) is 59.7 Å². The molecule has 2 aromatic heterocycles. The molecule has 1 N–H and O–H groups in total. The molecular formula is C16H20N4S. The minimum absolute atomic E-state index is 0.173. The van der Waals surface area contributed by atoms with Crippen LogP contribution in [0.15, 0.2) is 24.3 Å². The molecule has 0 saturated carbocycles. The topological polar surface area (TPSA) is 38.5 Å². The maximum absolute atomic E-state index is 5.54. The Morgan fingerprint density at radius 2 is 1.95 bits per heavy atom. The first kappa shape index (κ1) is 14.1. The molecule has 1 atom stereocenters. The van der Waals surface area contributed by atoms with Gasteiger partial charge in [0.25, 0.3) is 0 Å². The van der Waals surface area contributed by atoms with Crippen LogP contribution in [0.3, 0.4) is 0 Å². The van der Waals surface area contributed by atoms with Crippen molar-refractivity contribution >= 4 is 23.4 Å². The molecule has 0 saturated heterocycles. The Bertz CT molecular complexity index is 836. The number of aromatic nitrogens is 4. The van der Waals surface area contributed by atoms with E-state index < -0.39 is 0 Å². The molecule has 1 unspecified atom stereocenters. The summed E-state index contributed by atoms with van der Waals surface area (Å²) >= 11 is 5.54. The Kier molecular flexibility index (Phi) is 3.45. The Balaban J connectivity index is 2.20. The summed E-state index contributed by atoms with van der Waals surface area (Å²) in [5, 5.41) is 4.58. The van der Waals surface area contributed by atoms with Gasteiger partial charge in [-0.05, 0) is 38.0 Å². The van der Waals surface area contributed by atoms with Gasteiger partial charge in [-0.3, -0.25) is 9.25 Å². The molecule has 2 heterocycles. The van der Waals surface area contributed by atoms with Gasteiger partial charge in [-0.1, -0.05) is 36.8 Å². The van der Waals surface area contributed by atoms with Crippen LogP contribution in [0.2, 0.25) is 0 Å². The van der Waals surface area contributed by atoms with E-state index in [1.165, 1.54) is 11.1 Å². The number of aryl methyl sites for hydroxylation is 3. The van der Waals surface area contributed by atoms with Crippen LogP contribution in [-0.4, -0.2) is 19.3 Å². The van der Waals surface area contributed by atoms with Crippen LogP contribution in [-0.2, 0) is 13.5 Å². The first-order valence-electron chi connectivity index (χ1n) is 7.25. The van der Waals surface area contributed by atoms with Crippen molar-refractivity contribution in [2.75, 3.05) is 0 Å². The molecule has 0 radical (unpaired) electrons. The third-order valence-corrected chi connectivity index (χ3v) is 4.35. The van der Waals surface area contributed by atoms with E-state index >= 15 is 0 Å². The van der Waals surface area contributed by atoms with Crippen molar-refractivity contribution in [2.24, 2.45) is 7.05 Å². The standard InChI is InChI=1S/C16H20N4S/c1-5-13-14-15(19(4)18-13)20(16(21)17-14)11(3)12-8-6-10(2)7-9-12/h6-9,11H,5H2,1-4H3,(H,17,21). The number of H-pyrrole nitrogens is 1. The smallest absolute Gasteiger partial charge is 0.179 e. The van der Waals surface area contributed by atoms with Crippen LogP contribution in [0, 0.1) is 11.7 Å². The average molecular weight is 300 g/mol. The monoisotopic (exact) mass is 300 g/mol. The van der Waals surface area contributed by atoms with Crippen LogP contribution in [0.25, 0.3) is 11.2 Å². The third-order valence-electron chi connectivity index (χ3n) is 4.05. The van der Waals surface area contributed by atoms with Gasteiger partial charge in [0, 0.05) is 7.05 Å². The lowest BCUT2D eigenvalue weighted by atomic mass is 10.1. The summed E-state index contributed by atoms with van der Waals surface area (Å²) in [6, 6.07) is 8.78. The first-order valence-corrected chi connectivity index (χ1v) is 7.66. The van der Waals surface area contributed by atoms with Gasteiger partial charge in [0.1, 0.15) is 5.52 Å². The molecule has 1 aromatic carbocycles. The number of nitrogens with zero attached hydrogens (tertiary/aromatic N) is 3. The second-order valence-electron chi connectivity index (χ2n) is 5.51. The van der Waals surface area contributed by atoms with Crippen molar-refractivity contribution in [3.63, 3.8) is 0 Å². The van der Waals surface area contributed by atoms with Gasteiger partial charge in [-0.15, -0.1) is 0 Å². The van der Waals surface area contributed by atoms with E-state index in [1.54, 1.807) is 0 Å². The van der Waals surface area contributed by atoms with Gasteiger partial charge >= 0.3 is 0 Å². The molecule has 3 rings (SSSR count). The van der Waals surface area contributed by atoms with Crippen molar-refractivity contribution < 1.29 is 0 Å². The molecule has 0 aliphatic rings. The van der Waals surface area contributed by atoms with Gasteiger partial charge in [0.15, 0.2) is 10.4 Å². The highest BCUT2D eigenvalue weighted by Gasteiger charge is 2.18. The summed E-state index contributed by atoms with van der Waals surface area (Å²) in [4.78, 5) is 3.32. The van der Waals surface area contributed by atoms with Gasteiger partial charge in [-0.2, -0.15) is 5.10 Å². The predicted octanol–water partition coefficient (Wildman–Crippen LogP) is 3.91. The van der Waals surface area contributed by atoms with Crippen molar-refractivity contribution in [3.05, 3.63) is 45.9 Å². The molecule has 0 amide bonds. The lowest BCUT2D eigenvalue weighted by Gasteiger charge is -2.15. The number of benzene rings is 1. The van der Waals surface area contributed by atoms with Crippen LogP contribution in [0.5, 0.6) is 0 Å². The SMILES string of the molecule is CCc1nn(C)c2c1[nH]c(=S)n2C(C)c1ccc(C)cc1. The molecule has 3 aromatic rings. The van der Waals surface area contributed by atoms with E-state index in [-0.39, 0.29) is 6.04 Å². The van der Waals surface area contributed by atoms with Crippen molar-refractivity contribution in [1.29, 1.82) is 0 Å². The van der Waals surface area contributed by atoms with Gasteiger partial charge in [0.05, 0.1) is 11.7 Å². The lowest BCUT2D eigenvalue weighted by Crippen LogP contribution is -2.09. The van der Waals surface area contributed by atoms with E-state index in [9.17, 15) is 0 Å². The van der Waals surface area contributed by atoms with Crippen LogP contribution in [0.4, 0.5) is 0 Å². The lowest BCUT2D eigenvalue weighted by molar-refractivity contribution is 0.619. The fraction of sp³-hybridized carbons (Fsp3) is 0.375. The molecule has 0 bridgehead atoms. The zero-order valence-corrected chi connectivity index (χ0v) is 13.7.